The Morgan fingerprint density at radius 3 is 2.47 bits per heavy atom. The van der Waals surface area contributed by atoms with Crippen LogP contribution in [0, 0.1) is 43.5 Å². The van der Waals surface area contributed by atoms with Gasteiger partial charge in [-0.2, -0.15) is 5.56 Å². The first-order chi connectivity index (χ1) is 16.9. The first kappa shape index (κ1) is 27.5. The van der Waals surface area contributed by atoms with Crippen LogP contribution in [-0.2, 0) is 0 Å². The second-order valence-electron chi connectivity index (χ2n) is 8.58. The van der Waals surface area contributed by atoms with E-state index in [1.54, 1.807) is 0 Å². The van der Waals surface area contributed by atoms with E-state index >= 15 is 0 Å². The van der Waals surface area contributed by atoms with Crippen molar-refractivity contribution in [3.63, 3.8) is 0 Å². The van der Waals surface area contributed by atoms with E-state index in [2.05, 4.69) is 29.9 Å². The standard InChI is InChI=1S/C19H21F2N2.C11H8N.Li/c1-5-7-14-15-8-13(20)9-16(21)18(15)19-12(4)22-11(3)10-23(19)17(14)6-2;1-2-6-10(7-3-1)11-8-4-5-9-12-11;/h8-10H,5-7H2,1-4H3;1-6,8-9H;/q2*-1;+1/p+1. The Labute approximate surface area is 224 Å². The molecule has 0 radical (unpaired) electrons. The molecule has 0 saturated heterocycles. The van der Waals surface area contributed by atoms with Gasteiger partial charge in [0, 0.05) is 23.5 Å². The van der Waals surface area contributed by atoms with Gasteiger partial charge in [-0.25, -0.2) is 8.78 Å². The second kappa shape index (κ2) is 12.2. The van der Waals surface area contributed by atoms with Gasteiger partial charge in [0.05, 0.1) is 23.5 Å². The van der Waals surface area contributed by atoms with Gasteiger partial charge in [-0.1, -0.05) is 43.9 Å². The van der Waals surface area contributed by atoms with Gasteiger partial charge < -0.3 is 4.57 Å². The Balaban J connectivity index is 0.000000234. The summed E-state index contributed by atoms with van der Waals surface area (Å²) in [5.41, 5.74) is 5.72. The normalized spacial score (nSPS) is 11.6. The summed E-state index contributed by atoms with van der Waals surface area (Å²) in [6, 6.07) is 20.6. The number of halogens is 2. The molecule has 2 aromatic carbocycles. The molecule has 1 N–H and O–H groups in total. The molecule has 0 fully saturated rings. The third-order valence-corrected chi connectivity index (χ3v) is 6.04. The molecule has 0 unspecified atom stereocenters. The van der Waals surface area contributed by atoms with E-state index in [0.29, 0.717) is 11.1 Å². The molecule has 3 heterocycles. The fourth-order valence-corrected chi connectivity index (χ4v) is 4.67. The zero-order chi connectivity index (χ0) is 24.9. The summed E-state index contributed by atoms with van der Waals surface area (Å²) < 4.78 is 30.5. The molecule has 0 aliphatic carbocycles. The average molecular weight is 478 g/mol. The van der Waals surface area contributed by atoms with E-state index in [4.69, 9.17) is 0 Å². The van der Waals surface area contributed by atoms with E-state index < -0.39 is 11.6 Å². The maximum atomic E-state index is 14.6. The van der Waals surface area contributed by atoms with E-state index in [0.717, 1.165) is 65.6 Å². The quantitative estimate of drug-likeness (QED) is 0.252. The number of fused-ring (bicyclic) bond motifs is 3. The third kappa shape index (κ3) is 5.64. The van der Waals surface area contributed by atoms with Gasteiger partial charge >= 0.3 is 18.9 Å². The summed E-state index contributed by atoms with van der Waals surface area (Å²) in [5.74, 6) is -0.0198. The maximum Gasteiger partial charge on any atom is 1.00 e. The summed E-state index contributed by atoms with van der Waals surface area (Å²) >= 11 is 0. The van der Waals surface area contributed by atoms with Crippen molar-refractivity contribution in [3.05, 3.63) is 114 Å². The largest absolute Gasteiger partial charge is 1.00 e. The van der Waals surface area contributed by atoms with Crippen molar-refractivity contribution in [3.8, 4) is 22.5 Å². The van der Waals surface area contributed by atoms with Crippen LogP contribution < -0.4 is 28.4 Å². The predicted molar refractivity (Wildman–Crippen MR) is 133 cm³/mol. The SMILES string of the molecule is CCC[C-]1c2cc(F)cc(F)c2-c2c(C)nc(C)c[n+]2[C-]1CC.[Li+].[c-]1ccccc1-c1cccc[nH+]1. The number of aromatic nitrogens is 3. The van der Waals surface area contributed by atoms with Crippen LogP contribution in [0.4, 0.5) is 8.78 Å². The average Bonchev–Trinajstić information content (AvgIpc) is 2.85. The third-order valence-electron chi connectivity index (χ3n) is 6.04. The van der Waals surface area contributed by atoms with Crippen molar-refractivity contribution >= 4 is 0 Å². The van der Waals surface area contributed by atoms with Crippen LogP contribution in [0.5, 0.6) is 0 Å². The fourth-order valence-electron chi connectivity index (χ4n) is 4.67. The summed E-state index contributed by atoms with van der Waals surface area (Å²) in [7, 11) is 0. The van der Waals surface area contributed by atoms with Crippen molar-refractivity contribution in [2.45, 2.75) is 47.0 Å². The summed E-state index contributed by atoms with van der Waals surface area (Å²) in [5, 5.41) is 0. The molecule has 180 valence electrons. The number of nitrogens with one attached hydrogen (secondary N) is 1. The van der Waals surface area contributed by atoms with E-state index in [9.17, 15) is 8.78 Å². The number of nitrogens with zero attached hydrogens (tertiary/aromatic N) is 2. The molecule has 5 rings (SSSR count). The molecule has 0 amide bonds. The molecule has 3 nitrogen and oxygen atoms in total. The number of H-pyrrole nitrogens is 1. The zero-order valence-corrected chi connectivity index (χ0v) is 21.6. The van der Waals surface area contributed by atoms with Gasteiger partial charge in [-0.05, 0) is 32.4 Å². The molecule has 36 heavy (non-hydrogen) atoms. The number of hydrogen-bond donors (Lipinski definition) is 0. The minimum absolute atomic E-state index is 0. The Morgan fingerprint density at radius 2 is 1.83 bits per heavy atom. The molecule has 4 aromatic rings. The topological polar surface area (TPSA) is 30.9 Å². The molecule has 2 aromatic heterocycles. The zero-order valence-electron chi connectivity index (χ0n) is 21.6. The molecule has 0 saturated carbocycles. The van der Waals surface area contributed by atoms with Gasteiger partial charge in [0.25, 0.3) is 0 Å². The molecule has 0 bridgehead atoms. The minimum Gasteiger partial charge on any atom is -0.342 e. The fraction of sp³-hybridized carbons (Fsp3) is 0.233. The van der Waals surface area contributed by atoms with E-state index in [-0.39, 0.29) is 18.9 Å². The van der Waals surface area contributed by atoms with Crippen LogP contribution in [0.2, 0.25) is 0 Å². The first-order valence-electron chi connectivity index (χ1n) is 12.0. The molecule has 6 heteroatoms. The van der Waals surface area contributed by atoms with Crippen LogP contribution in [-0.4, -0.2) is 4.98 Å². The number of aromatic amines is 1. The number of pyridine rings is 1. The molecule has 1 aliphatic rings. The predicted octanol–water partition coefficient (Wildman–Crippen LogP) is 3.43. The second-order valence-corrected chi connectivity index (χ2v) is 8.58. The van der Waals surface area contributed by atoms with Crippen molar-refractivity contribution in [1.29, 1.82) is 0 Å². The molecular formula is C30H30F2LiN3. The van der Waals surface area contributed by atoms with Crippen molar-refractivity contribution in [2.75, 3.05) is 0 Å². The minimum atomic E-state index is -0.531. The van der Waals surface area contributed by atoms with Gasteiger partial charge in [-0.3, -0.25) is 9.97 Å². The van der Waals surface area contributed by atoms with Crippen molar-refractivity contribution in [1.82, 2.24) is 4.98 Å². The smallest absolute Gasteiger partial charge is 0.342 e. The Bertz CT molecular complexity index is 1260. The van der Waals surface area contributed by atoms with Crippen molar-refractivity contribution < 1.29 is 37.2 Å². The van der Waals surface area contributed by atoms with Crippen LogP contribution >= 0.6 is 0 Å². The number of aryl methyl sites for hydroxylation is 2. The van der Waals surface area contributed by atoms with E-state index in [1.165, 1.54) is 6.07 Å². The van der Waals surface area contributed by atoms with E-state index in [1.807, 2.05) is 73.3 Å². The summed E-state index contributed by atoms with van der Waals surface area (Å²) in [4.78, 5) is 7.64. The summed E-state index contributed by atoms with van der Waals surface area (Å²) in [6.07, 6.45) is 6.38. The van der Waals surface area contributed by atoms with Gasteiger partial charge in [-0.15, -0.1) is 42.3 Å². The van der Waals surface area contributed by atoms with Crippen LogP contribution in [0.1, 0.15) is 50.1 Å². The van der Waals surface area contributed by atoms with Crippen LogP contribution in [0.25, 0.3) is 22.5 Å². The van der Waals surface area contributed by atoms with Crippen LogP contribution in [0.15, 0.2) is 67.0 Å². The Morgan fingerprint density at radius 1 is 1.06 bits per heavy atom. The molecular weight excluding hydrogens is 447 g/mol. The first-order valence-corrected chi connectivity index (χ1v) is 12.0. The van der Waals surface area contributed by atoms with Crippen molar-refractivity contribution in [2.24, 2.45) is 0 Å². The van der Waals surface area contributed by atoms with Gasteiger partial charge in [0.2, 0.25) is 0 Å². The molecule has 0 atom stereocenters. The molecule has 1 aliphatic heterocycles. The van der Waals surface area contributed by atoms with Crippen LogP contribution in [0.3, 0.4) is 0 Å². The molecule has 0 spiro atoms. The number of hydrogen-bond acceptors (Lipinski definition) is 1. The van der Waals surface area contributed by atoms with Gasteiger partial charge in [0.1, 0.15) is 5.69 Å². The maximum absolute atomic E-state index is 14.6. The Kier molecular flexibility index (Phi) is 9.31. The monoisotopic (exact) mass is 477 g/mol. The van der Waals surface area contributed by atoms with Gasteiger partial charge in [0.15, 0.2) is 6.20 Å². The number of benzene rings is 2. The number of rotatable bonds is 4. The Hall–Kier alpha value is -3.13. The summed E-state index contributed by atoms with van der Waals surface area (Å²) in [6.45, 7) is 7.97.